The predicted molar refractivity (Wildman–Crippen MR) is 116 cm³/mol. The van der Waals surface area contributed by atoms with Crippen LogP contribution < -0.4 is 10.6 Å². The third kappa shape index (κ3) is 6.08. The van der Waals surface area contributed by atoms with Crippen LogP contribution in [-0.4, -0.2) is 65.2 Å². The smallest absolute Gasteiger partial charge is 0.191 e. The van der Waals surface area contributed by atoms with Crippen molar-refractivity contribution in [2.45, 2.75) is 32.1 Å². The van der Waals surface area contributed by atoms with Crippen LogP contribution in [0.25, 0.3) is 5.65 Å². The standard InChI is InChI=1S/C18H29N7.HI/c1-19-18(21-11-15-24-12-4-2-5-13-24)20-10-7-9-17-23-22-16-8-3-6-14-25(16)17;/h3,6,8,14H,2,4-5,7,9-13,15H2,1H3,(H2,19,20,21);1H. The molecule has 1 aliphatic heterocycles. The fraction of sp³-hybridized carbons (Fsp3) is 0.611. The monoisotopic (exact) mass is 471 g/mol. The number of likely N-dealkylation sites (tertiary alicyclic amines) is 1. The number of halogens is 1. The lowest BCUT2D eigenvalue weighted by atomic mass is 10.1. The van der Waals surface area contributed by atoms with E-state index in [0.717, 1.165) is 49.9 Å². The molecule has 0 spiro atoms. The zero-order valence-corrected chi connectivity index (χ0v) is 17.9. The van der Waals surface area contributed by atoms with Crippen molar-refractivity contribution in [1.29, 1.82) is 0 Å². The van der Waals surface area contributed by atoms with Gasteiger partial charge in [-0.25, -0.2) is 0 Å². The summed E-state index contributed by atoms with van der Waals surface area (Å²) in [6, 6.07) is 5.96. The number of guanidine groups is 1. The molecule has 8 heteroatoms. The summed E-state index contributed by atoms with van der Waals surface area (Å²) in [5.74, 6) is 1.88. The number of piperidine rings is 1. The molecular formula is C18H30IN7. The molecule has 1 aliphatic rings. The molecule has 3 heterocycles. The minimum Gasteiger partial charge on any atom is -0.356 e. The summed E-state index contributed by atoms with van der Waals surface area (Å²) < 4.78 is 2.05. The molecule has 0 bridgehead atoms. The normalized spacial score (nSPS) is 15.7. The second kappa shape index (κ2) is 11.3. The third-order valence-electron chi connectivity index (χ3n) is 4.65. The van der Waals surface area contributed by atoms with Crippen molar-refractivity contribution in [1.82, 2.24) is 30.1 Å². The van der Waals surface area contributed by atoms with Gasteiger partial charge in [0.2, 0.25) is 0 Å². The molecule has 0 radical (unpaired) electrons. The van der Waals surface area contributed by atoms with Gasteiger partial charge in [-0.1, -0.05) is 12.5 Å². The van der Waals surface area contributed by atoms with Crippen molar-refractivity contribution in [2.24, 2.45) is 4.99 Å². The second-order valence-corrected chi connectivity index (χ2v) is 6.48. The third-order valence-corrected chi connectivity index (χ3v) is 4.65. The van der Waals surface area contributed by atoms with Crippen LogP contribution in [0, 0.1) is 0 Å². The van der Waals surface area contributed by atoms with Crippen LogP contribution in [0.5, 0.6) is 0 Å². The number of hydrogen-bond acceptors (Lipinski definition) is 4. The van der Waals surface area contributed by atoms with Crippen molar-refractivity contribution in [3.05, 3.63) is 30.2 Å². The highest BCUT2D eigenvalue weighted by molar-refractivity contribution is 14.0. The van der Waals surface area contributed by atoms with Crippen molar-refractivity contribution in [3.63, 3.8) is 0 Å². The van der Waals surface area contributed by atoms with Crippen molar-refractivity contribution in [3.8, 4) is 0 Å². The molecule has 2 aromatic rings. The molecule has 0 amide bonds. The van der Waals surface area contributed by atoms with Crippen LogP contribution in [0.3, 0.4) is 0 Å². The zero-order chi connectivity index (χ0) is 17.3. The Bertz CT molecular complexity index is 679. The average molecular weight is 471 g/mol. The van der Waals surface area contributed by atoms with E-state index < -0.39 is 0 Å². The molecule has 3 rings (SSSR count). The maximum atomic E-state index is 4.30. The van der Waals surface area contributed by atoms with E-state index in [-0.39, 0.29) is 24.0 Å². The Morgan fingerprint density at radius 1 is 1.12 bits per heavy atom. The van der Waals surface area contributed by atoms with E-state index in [1.54, 1.807) is 0 Å². The van der Waals surface area contributed by atoms with Crippen LogP contribution in [0.15, 0.2) is 29.4 Å². The molecule has 2 N–H and O–H groups in total. The first kappa shape index (κ1) is 20.9. The highest BCUT2D eigenvalue weighted by Crippen LogP contribution is 2.07. The topological polar surface area (TPSA) is 69.8 Å². The Kier molecular flexibility index (Phi) is 9.10. The lowest BCUT2D eigenvalue weighted by Gasteiger charge is -2.26. The van der Waals surface area contributed by atoms with E-state index in [4.69, 9.17) is 0 Å². The van der Waals surface area contributed by atoms with Gasteiger partial charge in [0.05, 0.1) is 0 Å². The van der Waals surface area contributed by atoms with Crippen molar-refractivity contribution in [2.75, 3.05) is 39.8 Å². The molecule has 0 unspecified atom stereocenters. The van der Waals surface area contributed by atoms with Gasteiger partial charge < -0.3 is 15.5 Å². The molecular weight excluding hydrogens is 441 g/mol. The van der Waals surface area contributed by atoms with Gasteiger partial charge in [-0.3, -0.25) is 9.39 Å². The van der Waals surface area contributed by atoms with E-state index >= 15 is 0 Å². The first-order valence-corrected chi connectivity index (χ1v) is 9.32. The number of aliphatic imine (C=N–C) groups is 1. The van der Waals surface area contributed by atoms with E-state index in [2.05, 4.69) is 30.7 Å². The quantitative estimate of drug-likeness (QED) is 0.280. The number of rotatable bonds is 7. The summed E-state index contributed by atoms with van der Waals surface area (Å²) in [7, 11) is 1.82. The fourth-order valence-electron chi connectivity index (χ4n) is 3.25. The summed E-state index contributed by atoms with van der Waals surface area (Å²) in [6.07, 6.45) is 7.95. The highest BCUT2D eigenvalue weighted by atomic mass is 127. The number of fused-ring (bicyclic) bond motifs is 1. The molecule has 0 aromatic carbocycles. The Morgan fingerprint density at radius 3 is 2.73 bits per heavy atom. The first-order valence-electron chi connectivity index (χ1n) is 9.32. The molecule has 1 saturated heterocycles. The molecule has 0 atom stereocenters. The minimum atomic E-state index is 0. The molecule has 144 valence electrons. The Balaban J connectivity index is 0.00000243. The van der Waals surface area contributed by atoms with Crippen LogP contribution in [0.4, 0.5) is 0 Å². The summed E-state index contributed by atoms with van der Waals surface area (Å²) >= 11 is 0. The van der Waals surface area contributed by atoms with Gasteiger partial charge in [0, 0.05) is 39.3 Å². The average Bonchev–Trinajstić information content (AvgIpc) is 3.08. The summed E-state index contributed by atoms with van der Waals surface area (Å²) in [5.41, 5.74) is 0.903. The van der Waals surface area contributed by atoms with Crippen LogP contribution in [0.2, 0.25) is 0 Å². The summed E-state index contributed by atoms with van der Waals surface area (Å²) in [4.78, 5) is 6.83. The van der Waals surface area contributed by atoms with Crippen LogP contribution in [0.1, 0.15) is 31.5 Å². The lowest BCUT2D eigenvalue weighted by Crippen LogP contribution is -2.43. The van der Waals surface area contributed by atoms with E-state index in [1.807, 2.05) is 35.8 Å². The van der Waals surface area contributed by atoms with Crippen molar-refractivity contribution < 1.29 is 0 Å². The van der Waals surface area contributed by atoms with E-state index in [0.29, 0.717) is 0 Å². The highest BCUT2D eigenvalue weighted by Gasteiger charge is 2.09. The van der Waals surface area contributed by atoms with Crippen LogP contribution in [-0.2, 0) is 6.42 Å². The number of aromatic nitrogens is 3. The van der Waals surface area contributed by atoms with E-state index in [1.165, 1.54) is 32.4 Å². The molecule has 0 saturated carbocycles. The summed E-state index contributed by atoms with van der Waals surface area (Å²) in [6.45, 7) is 5.37. The number of aryl methyl sites for hydroxylation is 1. The Morgan fingerprint density at radius 2 is 1.92 bits per heavy atom. The Hall–Kier alpha value is -1.42. The number of nitrogens with one attached hydrogen (secondary N) is 2. The van der Waals surface area contributed by atoms with Gasteiger partial charge in [0.15, 0.2) is 11.6 Å². The minimum absolute atomic E-state index is 0. The lowest BCUT2D eigenvalue weighted by molar-refractivity contribution is 0.232. The van der Waals surface area contributed by atoms with E-state index in [9.17, 15) is 0 Å². The molecule has 7 nitrogen and oxygen atoms in total. The van der Waals surface area contributed by atoms with Gasteiger partial charge >= 0.3 is 0 Å². The van der Waals surface area contributed by atoms with Crippen LogP contribution >= 0.6 is 24.0 Å². The number of pyridine rings is 1. The SMILES string of the molecule is CN=C(NCCCc1nnc2ccccn12)NCCN1CCCCC1.I. The number of hydrogen-bond donors (Lipinski definition) is 2. The fourth-order valence-corrected chi connectivity index (χ4v) is 3.25. The van der Waals surface area contributed by atoms with Gasteiger partial charge in [0.25, 0.3) is 0 Å². The summed E-state index contributed by atoms with van der Waals surface area (Å²) in [5, 5.41) is 15.2. The molecule has 2 aromatic heterocycles. The number of nitrogens with zero attached hydrogens (tertiary/aromatic N) is 5. The molecule has 26 heavy (non-hydrogen) atoms. The maximum absolute atomic E-state index is 4.30. The van der Waals surface area contributed by atoms with Gasteiger partial charge in [-0.2, -0.15) is 0 Å². The molecule has 1 fully saturated rings. The first-order chi connectivity index (χ1) is 12.4. The zero-order valence-electron chi connectivity index (χ0n) is 15.5. The van der Waals surface area contributed by atoms with Gasteiger partial charge in [-0.15, -0.1) is 34.2 Å². The maximum Gasteiger partial charge on any atom is 0.191 e. The van der Waals surface area contributed by atoms with Gasteiger partial charge in [0.1, 0.15) is 5.82 Å². The predicted octanol–water partition coefficient (Wildman–Crippen LogP) is 1.93. The van der Waals surface area contributed by atoms with Crippen molar-refractivity contribution >= 4 is 35.6 Å². The molecule has 0 aliphatic carbocycles. The second-order valence-electron chi connectivity index (χ2n) is 6.48. The largest absolute Gasteiger partial charge is 0.356 e. The Labute approximate surface area is 172 Å². The van der Waals surface area contributed by atoms with Gasteiger partial charge in [-0.05, 0) is 44.5 Å².